The summed E-state index contributed by atoms with van der Waals surface area (Å²) in [5.74, 6) is -0.198. The van der Waals surface area contributed by atoms with Crippen LogP contribution in [0.1, 0.15) is 136 Å². The Balaban J connectivity index is 0. The molecular weight excluding hydrogens is 406 g/mol. The molecule has 0 fully saturated rings. The van der Waals surface area contributed by atoms with Gasteiger partial charge in [0.05, 0.1) is 37.8 Å². The summed E-state index contributed by atoms with van der Waals surface area (Å²) in [6, 6.07) is 0. The van der Waals surface area contributed by atoms with E-state index in [2.05, 4.69) is 35.0 Å². The Kier molecular flexibility index (Phi) is 24.6. The molecule has 0 aromatic rings. The third-order valence-corrected chi connectivity index (χ3v) is 6.47. The number of hydrogen-bond donors (Lipinski definition) is 0. The Hall–Kier alpha value is -0.130. The fraction of sp³-hybridized carbons (Fsp3) is 1.00. The van der Waals surface area contributed by atoms with Crippen LogP contribution in [0.15, 0.2) is 0 Å². The molecule has 0 rings (SSSR count). The van der Waals surface area contributed by atoms with Gasteiger partial charge in [-0.1, -0.05) is 117 Å². The molecule has 0 aliphatic carbocycles. The van der Waals surface area contributed by atoms with Gasteiger partial charge in [0.1, 0.15) is 0 Å². The molecule has 0 saturated carbocycles. The maximum absolute atomic E-state index is 10.1. The van der Waals surface area contributed by atoms with Crippen LogP contribution >= 0.6 is 0 Å². The van der Waals surface area contributed by atoms with Crippen molar-refractivity contribution in [2.24, 2.45) is 0 Å². The van der Waals surface area contributed by atoms with Gasteiger partial charge in [0.15, 0.2) is 0 Å². The minimum Gasteiger partial charge on any atom is -0.748 e. The molecule has 0 amide bonds. The molecule has 0 bridgehead atoms. The lowest BCUT2D eigenvalue weighted by Gasteiger charge is -2.23. The van der Waals surface area contributed by atoms with Gasteiger partial charge in [0, 0.05) is 5.75 Å². The van der Waals surface area contributed by atoms with Crippen molar-refractivity contribution >= 4 is 10.1 Å². The first-order chi connectivity index (χ1) is 14.6. The van der Waals surface area contributed by atoms with Crippen LogP contribution in [0.3, 0.4) is 0 Å². The van der Waals surface area contributed by atoms with Crippen LogP contribution < -0.4 is 0 Å². The number of quaternary nitrogens is 1. The summed E-state index contributed by atoms with van der Waals surface area (Å²) in [5.41, 5.74) is 0. The van der Waals surface area contributed by atoms with Gasteiger partial charge in [0.2, 0.25) is 0 Å². The average Bonchev–Trinajstić information content (AvgIpc) is 2.67. The molecule has 0 N–H and O–H groups in total. The zero-order chi connectivity index (χ0) is 23.8. The molecule has 0 aromatic heterocycles. The second-order valence-corrected chi connectivity index (χ2v) is 11.8. The van der Waals surface area contributed by atoms with Gasteiger partial charge in [-0.25, -0.2) is 8.42 Å². The number of unbranched alkanes of at least 4 members (excludes halogenated alkanes) is 17. The molecule has 0 unspecified atom stereocenters. The van der Waals surface area contributed by atoms with Crippen molar-refractivity contribution < 1.29 is 17.5 Å². The van der Waals surface area contributed by atoms with E-state index in [1.165, 1.54) is 96.4 Å². The summed E-state index contributed by atoms with van der Waals surface area (Å²) in [7, 11) is 2.92. The van der Waals surface area contributed by atoms with Crippen molar-refractivity contribution in [3.8, 4) is 0 Å². The molecule has 0 heterocycles. The maximum Gasteiger partial charge on any atom is 0.0945 e. The maximum atomic E-state index is 10.1. The number of hydrogen-bond acceptors (Lipinski definition) is 3. The molecule has 0 aliphatic rings. The Morgan fingerprint density at radius 1 is 0.516 bits per heavy atom. The fourth-order valence-corrected chi connectivity index (χ4v) is 4.22. The monoisotopic (exact) mass is 463 g/mol. The summed E-state index contributed by atoms with van der Waals surface area (Å²) in [4.78, 5) is 0. The Morgan fingerprint density at radius 2 is 0.806 bits per heavy atom. The molecular formula is C26H57NO3S. The average molecular weight is 464 g/mol. The first-order valence-electron chi connectivity index (χ1n) is 13.4. The van der Waals surface area contributed by atoms with Crippen LogP contribution in [0.25, 0.3) is 0 Å². The second kappa shape index (κ2) is 23.0. The summed E-state index contributed by atoms with van der Waals surface area (Å²) in [6.07, 6.45) is 25.0. The lowest BCUT2D eigenvalue weighted by atomic mass is 10.0. The summed E-state index contributed by atoms with van der Waals surface area (Å²) >= 11 is 0. The van der Waals surface area contributed by atoms with E-state index in [0.717, 1.165) is 30.2 Å². The van der Waals surface area contributed by atoms with Gasteiger partial charge in [-0.3, -0.25) is 0 Å². The highest BCUT2D eigenvalue weighted by molar-refractivity contribution is 7.85. The molecule has 0 radical (unpaired) electrons. The van der Waals surface area contributed by atoms with E-state index in [9.17, 15) is 13.0 Å². The highest BCUT2D eigenvalue weighted by Gasteiger charge is 2.04. The van der Waals surface area contributed by atoms with Crippen LogP contribution in [-0.2, 0) is 10.1 Å². The number of rotatable bonds is 21. The van der Waals surface area contributed by atoms with Crippen molar-refractivity contribution in [1.29, 1.82) is 0 Å². The molecule has 0 spiro atoms. The predicted molar refractivity (Wildman–Crippen MR) is 137 cm³/mol. The molecule has 4 nitrogen and oxygen atoms in total. The van der Waals surface area contributed by atoms with Crippen molar-refractivity contribution in [2.75, 3.05) is 33.4 Å². The Bertz CT molecular complexity index is 444. The van der Waals surface area contributed by atoms with Gasteiger partial charge in [0.25, 0.3) is 0 Å². The van der Waals surface area contributed by atoms with Gasteiger partial charge in [-0.15, -0.1) is 0 Å². The lowest BCUT2D eigenvalue weighted by molar-refractivity contribution is -0.870. The van der Waals surface area contributed by atoms with Crippen LogP contribution in [0.5, 0.6) is 0 Å². The van der Waals surface area contributed by atoms with Crippen molar-refractivity contribution in [2.45, 2.75) is 136 Å². The highest BCUT2D eigenvalue weighted by Crippen LogP contribution is 2.13. The largest absolute Gasteiger partial charge is 0.748 e. The summed E-state index contributed by atoms with van der Waals surface area (Å²) in [6.45, 7) is 5.71. The normalized spacial score (nSPS) is 11.9. The molecule has 190 valence electrons. The van der Waals surface area contributed by atoms with E-state index < -0.39 is 10.1 Å². The van der Waals surface area contributed by atoms with Crippen LogP contribution in [0.2, 0.25) is 0 Å². The van der Waals surface area contributed by atoms with Crippen molar-refractivity contribution in [3.05, 3.63) is 0 Å². The lowest BCUT2D eigenvalue weighted by Crippen LogP contribution is -2.35. The smallest absolute Gasteiger partial charge is 0.0945 e. The Labute approximate surface area is 196 Å². The molecule has 0 atom stereocenters. The van der Waals surface area contributed by atoms with Crippen molar-refractivity contribution in [1.82, 2.24) is 0 Å². The van der Waals surface area contributed by atoms with Gasteiger partial charge < -0.3 is 9.04 Å². The first-order valence-corrected chi connectivity index (χ1v) is 14.9. The molecule has 0 saturated heterocycles. The van der Waals surface area contributed by atoms with Crippen LogP contribution in [0, 0.1) is 0 Å². The number of nitrogens with zero attached hydrogens (tertiary/aromatic N) is 1. The molecule has 5 heteroatoms. The van der Waals surface area contributed by atoms with Gasteiger partial charge in [-0.2, -0.15) is 0 Å². The fourth-order valence-electron chi connectivity index (χ4n) is 3.66. The van der Waals surface area contributed by atoms with E-state index in [0.29, 0.717) is 6.42 Å². The zero-order valence-electron chi connectivity index (χ0n) is 21.9. The second-order valence-electron chi connectivity index (χ2n) is 10.3. The predicted octanol–water partition coefficient (Wildman–Crippen LogP) is 7.68. The summed E-state index contributed by atoms with van der Waals surface area (Å²) < 4.78 is 31.4. The van der Waals surface area contributed by atoms with Gasteiger partial charge >= 0.3 is 0 Å². The first kappa shape index (κ1) is 33.0. The van der Waals surface area contributed by atoms with Crippen molar-refractivity contribution in [3.63, 3.8) is 0 Å². The topological polar surface area (TPSA) is 57.2 Å². The van der Waals surface area contributed by atoms with Crippen LogP contribution in [-0.4, -0.2) is 50.9 Å². The minimum atomic E-state index is -3.96. The quantitative estimate of drug-likeness (QED) is 0.0996. The van der Waals surface area contributed by atoms with E-state index >= 15 is 0 Å². The zero-order valence-corrected chi connectivity index (χ0v) is 22.7. The molecule has 0 aliphatic heterocycles. The van der Waals surface area contributed by atoms with E-state index in [1.54, 1.807) is 0 Å². The third kappa shape index (κ3) is 37.5. The van der Waals surface area contributed by atoms with E-state index in [4.69, 9.17) is 0 Å². The molecule has 31 heavy (non-hydrogen) atoms. The van der Waals surface area contributed by atoms with E-state index in [-0.39, 0.29) is 5.75 Å². The SMILES string of the molecule is CCCCCCCCCCCCCCCC[N+](C)(C)C.CCCCCCCS(=O)(=O)[O-]. The standard InChI is InChI=1S/C19H42N.C7H16O3S/c1-5-6-7-8-9-10-11-12-13-14-15-16-17-18-19-20(2,3)4;1-2-3-4-5-6-7-11(8,9)10/h5-19H2,1-4H3;2-7H2,1H3,(H,8,9,10)/q+1;/p-1. The minimum absolute atomic E-state index is 0.198. The van der Waals surface area contributed by atoms with Gasteiger partial charge in [-0.05, 0) is 19.3 Å². The van der Waals surface area contributed by atoms with Crippen LogP contribution in [0.4, 0.5) is 0 Å². The van der Waals surface area contributed by atoms with E-state index in [1.807, 2.05) is 0 Å². The highest BCUT2D eigenvalue weighted by atomic mass is 32.2. The summed E-state index contributed by atoms with van der Waals surface area (Å²) in [5, 5.41) is 0. The molecule has 0 aromatic carbocycles. The third-order valence-electron chi connectivity index (χ3n) is 5.68. The Morgan fingerprint density at radius 3 is 1.10 bits per heavy atom.